The van der Waals surface area contributed by atoms with E-state index in [9.17, 15) is 5.11 Å². The molecule has 2 aromatic heterocycles. The number of rotatable bonds is 3. The molecule has 0 fully saturated rings. The third-order valence-electron chi connectivity index (χ3n) is 5.49. The molecule has 0 atom stereocenters. The molecule has 0 amide bonds. The topological polar surface area (TPSA) is 71.6 Å². The average Bonchev–Trinajstić information content (AvgIpc) is 3.15. The molecule has 1 aliphatic rings. The number of ether oxygens (including phenoxy) is 1. The summed E-state index contributed by atoms with van der Waals surface area (Å²) in [6.45, 7) is 3.37. The number of nitrogens with zero attached hydrogens (tertiary/aromatic N) is 3. The highest BCUT2D eigenvalue weighted by atomic mass is 35.5. The second-order valence-corrected chi connectivity index (χ2v) is 7.84. The molecule has 1 aliphatic heterocycles. The number of pyridine rings is 1. The third kappa shape index (κ3) is 3.13. The zero-order valence-corrected chi connectivity index (χ0v) is 17.4. The molecular formula is C23H20ClN3O3. The lowest BCUT2D eigenvalue weighted by Crippen LogP contribution is -2.30. The van der Waals surface area contributed by atoms with E-state index >= 15 is 0 Å². The van der Waals surface area contributed by atoms with Crippen molar-refractivity contribution in [3.8, 4) is 22.8 Å². The molecule has 1 N–H and O–H groups in total. The Balaban J connectivity index is 1.49. The second kappa shape index (κ2) is 7.22. The number of methoxy groups -OCH3 is 1. The van der Waals surface area contributed by atoms with Crippen LogP contribution in [0.4, 0.5) is 6.01 Å². The van der Waals surface area contributed by atoms with E-state index < -0.39 is 0 Å². The molecule has 2 aromatic carbocycles. The van der Waals surface area contributed by atoms with E-state index in [4.69, 9.17) is 20.8 Å². The number of hydrogen-bond acceptors (Lipinski definition) is 6. The number of hydrogen-bond donors (Lipinski definition) is 1. The third-order valence-corrected chi connectivity index (χ3v) is 5.71. The maximum absolute atomic E-state index is 10.4. The minimum absolute atomic E-state index is 0.0946. The van der Waals surface area contributed by atoms with Crippen molar-refractivity contribution in [3.63, 3.8) is 0 Å². The van der Waals surface area contributed by atoms with Gasteiger partial charge in [-0.25, -0.2) is 4.98 Å². The molecule has 4 aromatic rings. The number of phenols is 1. The lowest BCUT2D eigenvalue weighted by Gasteiger charge is -2.28. The minimum Gasteiger partial charge on any atom is -0.507 e. The second-order valence-electron chi connectivity index (χ2n) is 7.40. The Labute approximate surface area is 178 Å². The molecule has 0 radical (unpaired) electrons. The lowest BCUT2D eigenvalue weighted by molar-refractivity contribution is 0.406. The monoisotopic (exact) mass is 421 g/mol. The van der Waals surface area contributed by atoms with Gasteiger partial charge in [0.15, 0.2) is 5.58 Å². The number of aromatic nitrogens is 2. The Morgan fingerprint density at radius 3 is 2.83 bits per heavy atom. The van der Waals surface area contributed by atoms with Gasteiger partial charge in [0.1, 0.15) is 11.5 Å². The Hall–Kier alpha value is -3.25. The standard InChI is InChI=1S/C23H20ClN3O3/c1-13-10-15(24)11-18(28)21(13)17-6-7-20-22(25-17)26-23(30-20)27-9-8-16-14(12-27)4-3-5-19(16)29-2/h3-7,10-11,28H,8-9,12H2,1-2H3. The number of oxazole rings is 1. The molecule has 0 saturated carbocycles. The van der Waals surface area contributed by atoms with E-state index in [1.54, 1.807) is 13.2 Å². The van der Waals surface area contributed by atoms with Crippen molar-refractivity contribution < 1.29 is 14.3 Å². The van der Waals surface area contributed by atoms with E-state index in [1.807, 2.05) is 31.2 Å². The zero-order valence-electron chi connectivity index (χ0n) is 16.6. The quantitative estimate of drug-likeness (QED) is 0.494. The highest BCUT2D eigenvalue weighted by Crippen LogP contribution is 2.36. The first-order valence-corrected chi connectivity index (χ1v) is 10.1. The van der Waals surface area contributed by atoms with Crippen LogP contribution in [0.15, 0.2) is 46.9 Å². The van der Waals surface area contributed by atoms with E-state index in [2.05, 4.69) is 20.9 Å². The van der Waals surface area contributed by atoms with E-state index in [-0.39, 0.29) is 5.75 Å². The summed E-state index contributed by atoms with van der Waals surface area (Å²) >= 11 is 6.03. The molecule has 6 nitrogen and oxygen atoms in total. The van der Waals surface area contributed by atoms with Crippen molar-refractivity contribution in [2.75, 3.05) is 18.6 Å². The van der Waals surface area contributed by atoms with Crippen LogP contribution in [0.5, 0.6) is 11.5 Å². The van der Waals surface area contributed by atoms with Crippen LogP contribution in [-0.2, 0) is 13.0 Å². The molecule has 0 saturated heterocycles. The summed E-state index contributed by atoms with van der Waals surface area (Å²) < 4.78 is 11.5. The number of aryl methyl sites for hydroxylation is 1. The van der Waals surface area contributed by atoms with Crippen molar-refractivity contribution in [3.05, 3.63) is 64.2 Å². The van der Waals surface area contributed by atoms with Crippen molar-refractivity contribution in [2.45, 2.75) is 19.9 Å². The number of phenolic OH excluding ortho intramolecular Hbond substituents is 1. The molecule has 7 heteroatoms. The molecular weight excluding hydrogens is 402 g/mol. The van der Waals surface area contributed by atoms with Crippen LogP contribution in [0.3, 0.4) is 0 Å². The predicted octanol–water partition coefficient (Wildman–Crippen LogP) is 5.13. The largest absolute Gasteiger partial charge is 0.507 e. The van der Waals surface area contributed by atoms with Crippen LogP contribution in [0, 0.1) is 6.92 Å². The van der Waals surface area contributed by atoms with Gasteiger partial charge in [0.25, 0.3) is 6.01 Å². The molecule has 30 heavy (non-hydrogen) atoms. The van der Waals surface area contributed by atoms with Crippen molar-refractivity contribution >= 4 is 28.8 Å². The van der Waals surface area contributed by atoms with Crippen LogP contribution < -0.4 is 9.64 Å². The Kier molecular flexibility index (Phi) is 4.51. The smallest absolute Gasteiger partial charge is 0.300 e. The van der Waals surface area contributed by atoms with Gasteiger partial charge in [-0.3, -0.25) is 0 Å². The Bertz CT molecular complexity index is 1250. The van der Waals surface area contributed by atoms with E-state index in [0.29, 0.717) is 40.1 Å². The summed E-state index contributed by atoms with van der Waals surface area (Å²) in [4.78, 5) is 11.4. The van der Waals surface area contributed by atoms with Crippen LogP contribution in [0.1, 0.15) is 16.7 Å². The maximum Gasteiger partial charge on any atom is 0.300 e. The highest BCUT2D eigenvalue weighted by Gasteiger charge is 2.23. The van der Waals surface area contributed by atoms with Gasteiger partial charge >= 0.3 is 0 Å². The normalized spacial score (nSPS) is 13.5. The average molecular weight is 422 g/mol. The Morgan fingerprint density at radius 2 is 2.03 bits per heavy atom. The number of aromatic hydroxyl groups is 1. The fourth-order valence-corrected chi connectivity index (χ4v) is 4.34. The van der Waals surface area contributed by atoms with Crippen LogP contribution in [0.25, 0.3) is 22.5 Å². The number of halogens is 1. The summed E-state index contributed by atoms with van der Waals surface area (Å²) in [5.41, 5.74) is 5.67. The van der Waals surface area contributed by atoms with Gasteiger partial charge in [-0.2, -0.15) is 4.98 Å². The maximum atomic E-state index is 10.4. The number of benzene rings is 2. The zero-order chi connectivity index (χ0) is 20.8. The van der Waals surface area contributed by atoms with Crippen molar-refractivity contribution in [2.24, 2.45) is 0 Å². The van der Waals surface area contributed by atoms with Gasteiger partial charge in [-0.1, -0.05) is 23.7 Å². The summed E-state index contributed by atoms with van der Waals surface area (Å²) in [7, 11) is 1.70. The summed E-state index contributed by atoms with van der Waals surface area (Å²) in [6.07, 6.45) is 0.856. The van der Waals surface area contributed by atoms with Gasteiger partial charge < -0.3 is 19.2 Å². The molecule has 0 spiro atoms. The fraction of sp³-hybridized carbons (Fsp3) is 0.217. The SMILES string of the molecule is COc1cccc2c1CCN(c1nc3nc(-c4c(C)cc(Cl)cc4O)ccc3o1)C2. The summed E-state index contributed by atoms with van der Waals surface area (Å²) in [6, 6.07) is 13.6. The first-order chi connectivity index (χ1) is 14.5. The van der Waals surface area contributed by atoms with E-state index in [1.165, 1.54) is 17.2 Å². The molecule has 3 heterocycles. The van der Waals surface area contributed by atoms with Crippen molar-refractivity contribution in [1.29, 1.82) is 0 Å². The van der Waals surface area contributed by atoms with Crippen LogP contribution >= 0.6 is 11.6 Å². The molecule has 5 rings (SSSR count). The molecule has 152 valence electrons. The first-order valence-electron chi connectivity index (χ1n) is 9.70. The number of fused-ring (bicyclic) bond motifs is 2. The predicted molar refractivity (Wildman–Crippen MR) is 116 cm³/mol. The van der Waals surface area contributed by atoms with Gasteiger partial charge in [0, 0.05) is 29.2 Å². The molecule has 0 unspecified atom stereocenters. The van der Waals surface area contributed by atoms with Crippen molar-refractivity contribution in [1.82, 2.24) is 9.97 Å². The fourth-order valence-electron chi connectivity index (χ4n) is 4.07. The summed E-state index contributed by atoms with van der Waals surface area (Å²) in [5.74, 6) is 1.02. The molecule has 0 aliphatic carbocycles. The highest BCUT2D eigenvalue weighted by molar-refractivity contribution is 6.31. The van der Waals surface area contributed by atoms with Gasteiger partial charge in [-0.15, -0.1) is 0 Å². The first kappa shape index (κ1) is 18.8. The summed E-state index contributed by atoms with van der Waals surface area (Å²) in [5, 5.41) is 10.8. The van der Waals surface area contributed by atoms with Gasteiger partial charge in [-0.05, 0) is 54.8 Å². The van der Waals surface area contributed by atoms with Crippen LogP contribution in [0.2, 0.25) is 5.02 Å². The van der Waals surface area contributed by atoms with Crippen LogP contribution in [-0.4, -0.2) is 28.7 Å². The Morgan fingerprint density at radius 1 is 1.17 bits per heavy atom. The van der Waals surface area contributed by atoms with Gasteiger partial charge in [0.05, 0.1) is 12.8 Å². The lowest BCUT2D eigenvalue weighted by atomic mass is 9.99. The van der Waals surface area contributed by atoms with Gasteiger partial charge in [0.2, 0.25) is 5.65 Å². The number of anilines is 1. The minimum atomic E-state index is 0.0946. The molecule has 0 bridgehead atoms. The van der Waals surface area contributed by atoms with E-state index in [0.717, 1.165) is 24.3 Å².